The number of aliphatic imine (C=N–C) groups is 1. The van der Waals surface area contributed by atoms with E-state index in [-0.39, 0.29) is 17.3 Å². The SMILES string of the molecule is COc1cccc(C2=N/C(=C/c3ccc(OC)c(OC(C)=O)c3)C(=O)O2)c1. The summed E-state index contributed by atoms with van der Waals surface area (Å²) in [5, 5.41) is 0. The Morgan fingerprint density at radius 3 is 2.59 bits per heavy atom. The first-order valence-electron chi connectivity index (χ1n) is 8.03. The lowest BCUT2D eigenvalue weighted by molar-refractivity contribution is -0.132. The fraction of sp³-hybridized carbons (Fsp3) is 0.150. The first-order valence-corrected chi connectivity index (χ1v) is 8.03. The summed E-state index contributed by atoms with van der Waals surface area (Å²) >= 11 is 0. The molecule has 1 aliphatic rings. The molecule has 0 radical (unpaired) electrons. The summed E-state index contributed by atoms with van der Waals surface area (Å²) in [5.74, 6) is 0.433. The average Bonchev–Trinajstić information content (AvgIpc) is 3.02. The van der Waals surface area contributed by atoms with E-state index >= 15 is 0 Å². The minimum atomic E-state index is -0.572. The number of hydrogen-bond donors (Lipinski definition) is 0. The van der Waals surface area contributed by atoms with E-state index in [1.165, 1.54) is 14.0 Å². The van der Waals surface area contributed by atoms with Crippen molar-refractivity contribution in [3.63, 3.8) is 0 Å². The largest absolute Gasteiger partial charge is 0.497 e. The zero-order valence-corrected chi connectivity index (χ0v) is 15.0. The van der Waals surface area contributed by atoms with Crippen LogP contribution in [0.4, 0.5) is 0 Å². The van der Waals surface area contributed by atoms with Crippen LogP contribution >= 0.6 is 0 Å². The maximum Gasteiger partial charge on any atom is 0.363 e. The predicted octanol–water partition coefficient (Wildman–Crippen LogP) is 2.97. The van der Waals surface area contributed by atoms with Crippen molar-refractivity contribution < 1.29 is 28.5 Å². The van der Waals surface area contributed by atoms with Crippen LogP contribution in [-0.4, -0.2) is 32.1 Å². The van der Waals surface area contributed by atoms with Gasteiger partial charge >= 0.3 is 11.9 Å². The van der Waals surface area contributed by atoms with Gasteiger partial charge < -0.3 is 18.9 Å². The highest BCUT2D eigenvalue weighted by atomic mass is 16.6. The minimum absolute atomic E-state index is 0.131. The van der Waals surface area contributed by atoms with Gasteiger partial charge in [0, 0.05) is 12.5 Å². The summed E-state index contributed by atoms with van der Waals surface area (Å²) in [7, 11) is 3.02. The van der Waals surface area contributed by atoms with Crippen LogP contribution in [0.3, 0.4) is 0 Å². The molecule has 0 saturated carbocycles. The highest BCUT2D eigenvalue weighted by Gasteiger charge is 2.24. The van der Waals surface area contributed by atoms with Gasteiger partial charge in [-0.25, -0.2) is 9.79 Å². The van der Waals surface area contributed by atoms with Gasteiger partial charge in [0.05, 0.1) is 14.2 Å². The zero-order chi connectivity index (χ0) is 19.4. The van der Waals surface area contributed by atoms with E-state index in [1.54, 1.807) is 55.7 Å². The number of benzene rings is 2. The number of nitrogens with zero attached hydrogens (tertiary/aromatic N) is 1. The molecular formula is C20H17NO6. The quantitative estimate of drug-likeness (QED) is 0.459. The molecule has 0 saturated heterocycles. The molecule has 138 valence electrons. The van der Waals surface area contributed by atoms with Crippen LogP contribution in [0.2, 0.25) is 0 Å². The monoisotopic (exact) mass is 367 g/mol. The van der Waals surface area contributed by atoms with Crippen LogP contribution in [0.15, 0.2) is 53.2 Å². The average molecular weight is 367 g/mol. The summed E-state index contributed by atoms with van der Waals surface area (Å²) in [6.07, 6.45) is 1.54. The number of carbonyl (C=O) groups is 2. The van der Waals surface area contributed by atoms with Crippen LogP contribution in [0.1, 0.15) is 18.1 Å². The first kappa shape index (κ1) is 18.2. The molecule has 2 aromatic carbocycles. The maximum absolute atomic E-state index is 12.2. The number of rotatable bonds is 5. The Hall–Kier alpha value is -3.61. The first-order chi connectivity index (χ1) is 13.0. The molecule has 0 aliphatic carbocycles. The number of esters is 2. The van der Waals surface area contributed by atoms with Crippen LogP contribution in [0.5, 0.6) is 17.2 Å². The molecule has 0 N–H and O–H groups in total. The van der Waals surface area contributed by atoms with Gasteiger partial charge in [-0.15, -0.1) is 0 Å². The van der Waals surface area contributed by atoms with Crippen molar-refractivity contribution in [1.29, 1.82) is 0 Å². The van der Waals surface area contributed by atoms with Gasteiger partial charge in [-0.05, 0) is 42.0 Å². The third kappa shape index (κ3) is 4.14. The molecular weight excluding hydrogens is 350 g/mol. The topological polar surface area (TPSA) is 83.4 Å². The normalized spacial score (nSPS) is 14.6. The van der Waals surface area contributed by atoms with Gasteiger partial charge in [-0.3, -0.25) is 4.79 Å². The molecule has 3 rings (SSSR count). The van der Waals surface area contributed by atoms with E-state index < -0.39 is 11.9 Å². The Labute approximate surface area is 155 Å². The smallest absolute Gasteiger partial charge is 0.363 e. The van der Waals surface area contributed by atoms with Gasteiger partial charge in [0.1, 0.15) is 5.75 Å². The number of methoxy groups -OCH3 is 2. The second kappa shape index (κ2) is 7.74. The number of hydrogen-bond acceptors (Lipinski definition) is 7. The van der Waals surface area contributed by atoms with E-state index in [4.69, 9.17) is 18.9 Å². The van der Waals surface area contributed by atoms with Crippen LogP contribution in [0.25, 0.3) is 6.08 Å². The molecule has 7 nitrogen and oxygen atoms in total. The predicted molar refractivity (Wildman–Crippen MR) is 97.9 cm³/mol. The molecule has 2 aromatic rings. The van der Waals surface area contributed by atoms with Gasteiger partial charge in [0.15, 0.2) is 17.2 Å². The minimum Gasteiger partial charge on any atom is -0.497 e. The fourth-order valence-corrected chi connectivity index (χ4v) is 2.46. The summed E-state index contributed by atoms with van der Waals surface area (Å²) in [4.78, 5) is 27.7. The number of carbonyl (C=O) groups excluding carboxylic acids is 2. The third-order valence-electron chi connectivity index (χ3n) is 3.68. The lowest BCUT2D eigenvalue weighted by Gasteiger charge is -2.08. The van der Waals surface area contributed by atoms with E-state index in [0.717, 1.165) is 0 Å². The molecule has 27 heavy (non-hydrogen) atoms. The molecule has 0 amide bonds. The molecule has 0 unspecified atom stereocenters. The van der Waals surface area contributed by atoms with Crippen molar-refractivity contribution in [3.05, 3.63) is 59.3 Å². The molecule has 1 heterocycles. The van der Waals surface area contributed by atoms with E-state index in [9.17, 15) is 9.59 Å². The molecule has 7 heteroatoms. The highest BCUT2D eigenvalue weighted by Crippen LogP contribution is 2.30. The Morgan fingerprint density at radius 1 is 1.07 bits per heavy atom. The second-order valence-corrected chi connectivity index (χ2v) is 5.57. The number of cyclic esters (lactones) is 1. The fourth-order valence-electron chi connectivity index (χ4n) is 2.46. The molecule has 1 aliphatic heterocycles. The highest BCUT2D eigenvalue weighted by molar-refractivity contribution is 6.13. The van der Waals surface area contributed by atoms with Crippen LogP contribution in [0, 0.1) is 0 Å². The van der Waals surface area contributed by atoms with Crippen LogP contribution in [-0.2, 0) is 14.3 Å². The number of ether oxygens (including phenoxy) is 4. The molecule has 0 aromatic heterocycles. The molecule has 0 atom stereocenters. The summed E-state index contributed by atoms with van der Waals surface area (Å²) in [5.41, 5.74) is 1.36. The van der Waals surface area contributed by atoms with Crippen molar-refractivity contribution in [2.75, 3.05) is 14.2 Å². The molecule has 0 bridgehead atoms. The molecule has 0 spiro atoms. The Balaban J connectivity index is 1.93. The van der Waals surface area contributed by atoms with Crippen molar-refractivity contribution in [2.24, 2.45) is 4.99 Å². The third-order valence-corrected chi connectivity index (χ3v) is 3.68. The van der Waals surface area contributed by atoms with Gasteiger partial charge in [0.25, 0.3) is 0 Å². The summed E-state index contributed by atoms with van der Waals surface area (Å²) < 4.78 is 20.7. The van der Waals surface area contributed by atoms with Gasteiger partial charge in [0.2, 0.25) is 5.90 Å². The summed E-state index contributed by atoms with van der Waals surface area (Å²) in [6, 6.07) is 12.0. The lowest BCUT2D eigenvalue weighted by Crippen LogP contribution is -2.05. The van der Waals surface area contributed by atoms with Crippen molar-refractivity contribution in [1.82, 2.24) is 0 Å². The maximum atomic E-state index is 12.2. The van der Waals surface area contributed by atoms with Gasteiger partial charge in [-0.2, -0.15) is 0 Å². The van der Waals surface area contributed by atoms with Crippen molar-refractivity contribution in [2.45, 2.75) is 6.92 Å². The zero-order valence-electron chi connectivity index (χ0n) is 15.0. The van der Waals surface area contributed by atoms with Gasteiger partial charge in [-0.1, -0.05) is 12.1 Å². The van der Waals surface area contributed by atoms with Crippen molar-refractivity contribution >= 4 is 23.9 Å². The lowest BCUT2D eigenvalue weighted by atomic mass is 10.1. The second-order valence-electron chi connectivity index (χ2n) is 5.57. The Bertz CT molecular complexity index is 961. The van der Waals surface area contributed by atoms with E-state index in [1.807, 2.05) is 0 Å². The van der Waals surface area contributed by atoms with E-state index in [0.29, 0.717) is 22.6 Å². The van der Waals surface area contributed by atoms with E-state index in [2.05, 4.69) is 4.99 Å². The summed E-state index contributed by atoms with van der Waals surface area (Å²) in [6.45, 7) is 1.30. The Kier molecular flexibility index (Phi) is 5.21. The van der Waals surface area contributed by atoms with Crippen molar-refractivity contribution in [3.8, 4) is 17.2 Å². The molecule has 0 fully saturated rings. The standard InChI is InChI=1S/C20H17NO6/c1-12(22)26-18-10-13(7-8-17(18)25-3)9-16-20(23)27-19(21-16)14-5-4-6-15(11-14)24-2/h4-11H,1-3H3/b16-9+. The Morgan fingerprint density at radius 2 is 1.89 bits per heavy atom. The van der Waals surface area contributed by atoms with Crippen LogP contribution < -0.4 is 14.2 Å².